The van der Waals surface area contributed by atoms with Crippen LogP contribution < -0.4 is 10.6 Å². The van der Waals surface area contributed by atoms with Gasteiger partial charge < -0.3 is 10.6 Å². The fourth-order valence-electron chi connectivity index (χ4n) is 2.79. The standard InChI is InChI=1S/C22H23FN4O/c23-19-10-8-18(9-11-19)12-14-25-22(28)20-15-21(27-16-26-20)24-13-4-7-17-5-2-1-3-6-17/h1-3,5-6,8-11,15-16H,4,7,12-14H2,(H,25,28)(H,24,26,27). The lowest BCUT2D eigenvalue weighted by Crippen LogP contribution is -2.26. The summed E-state index contributed by atoms with van der Waals surface area (Å²) in [4.78, 5) is 20.5. The monoisotopic (exact) mass is 378 g/mol. The number of aromatic nitrogens is 2. The molecule has 0 saturated carbocycles. The largest absolute Gasteiger partial charge is 0.370 e. The van der Waals surface area contributed by atoms with E-state index in [0.717, 1.165) is 24.9 Å². The van der Waals surface area contributed by atoms with E-state index < -0.39 is 0 Å². The van der Waals surface area contributed by atoms with Gasteiger partial charge in [-0.3, -0.25) is 4.79 Å². The van der Waals surface area contributed by atoms with Gasteiger partial charge in [0.05, 0.1) is 0 Å². The molecule has 0 fully saturated rings. The number of hydrogen-bond acceptors (Lipinski definition) is 4. The van der Waals surface area contributed by atoms with Crippen LogP contribution in [-0.4, -0.2) is 29.0 Å². The van der Waals surface area contributed by atoms with Gasteiger partial charge in [-0.05, 0) is 42.5 Å². The Morgan fingerprint density at radius 3 is 2.43 bits per heavy atom. The SMILES string of the molecule is O=C(NCCc1ccc(F)cc1)c1cc(NCCCc2ccccc2)ncn1. The third kappa shape index (κ3) is 6.16. The molecule has 0 aliphatic heterocycles. The molecule has 1 aromatic heterocycles. The summed E-state index contributed by atoms with van der Waals surface area (Å²) in [6, 6.07) is 18.2. The van der Waals surface area contributed by atoms with Crippen LogP contribution in [0.5, 0.6) is 0 Å². The van der Waals surface area contributed by atoms with Crippen molar-refractivity contribution in [3.05, 3.63) is 89.6 Å². The number of aryl methyl sites for hydroxylation is 1. The molecule has 3 aromatic rings. The van der Waals surface area contributed by atoms with Gasteiger partial charge in [0.2, 0.25) is 0 Å². The molecule has 0 unspecified atom stereocenters. The first kappa shape index (κ1) is 19.5. The number of anilines is 1. The quantitative estimate of drug-likeness (QED) is 0.558. The van der Waals surface area contributed by atoms with Crippen LogP contribution in [0.4, 0.5) is 10.2 Å². The van der Waals surface area contributed by atoms with Gasteiger partial charge in [-0.15, -0.1) is 0 Å². The molecule has 0 aliphatic rings. The van der Waals surface area contributed by atoms with Crippen molar-refractivity contribution in [3.8, 4) is 0 Å². The highest BCUT2D eigenvalue weighted by atomic mass is 19.1. The zero-order valence-corrected chi connectivity index (χ0v) is 15.6. The highest BCUT2D eigenvalue weighted by molar-refractivity contribution is 5.92. The average molecular weight is 378 g/mol. The number of benzene rings is 2. The zero-order valence-electron chi connectivity index (χ0n) is 15.6. The van der Waals surface area contributed by atoms with Gasteiger partial charge in [0.25, 0.3) is 5.91 Å². The molecule has 5 nitrogen and oxygen atoms in total. The molecule has 0 atom stereocenters. The minimum absolute atomic E-state index is 0.253. The van der Waals surface area contributed by atoms with E-state index in [2.05, 4.69) is 32.7 Å². The molecule has 0 aliphatic carbocycles. The van der Waals surface area contributed by atoms with Crippen LogP contribution in [0.2, 0.25) is 0 Å². The lowest BCUT2D eigenvalue weighted by molar-refractivity contribution is 0.0949. The van der Waals surface area contributed by atoms with Gasteiger partial charge in [0.15, 0.2) is 0 Å². The van der Waals surface area contributed by atoms with Crippen LogP contribution in [0.25, 0.3) is 0 Å². The van der Waals surface area contributed by atoms with Gasteiger partial charge in [-0.25, -0.2) is 14.4 Å². The first-order chi connectivity index (χ1) is 13.7. The topological polar surface area (TPSA) is 66.9 Å². The number of amides is 1. The average Bonchev–Trinajstić information content (AvgIpc) is 2.73. The molecule has 6 heteroatoms. The molecule has 1 amide bonds. The molecule has 2 aromatic carbocycles. The summed E-state index contributed by atoms with van der Waals surface area (Å²) in [5.74, 6) is 0.112. The third-order valence-electron chi connectivity index (χ3n) is 4.30. The van der Waals surface area contributed by atoms with Crippen LogP contribution >= 0.6 is 0 Å². The summed E-state index contributed by atoms with van der Waals surface area (Å²) in [7, 11) is 0. The van der Waals surface area contributed by atoms with Crippen molar-refractivity contribution in [3.63, 3.8) is 0 Å². The second kappa shape index (κ2) is 10.2. The van der Waals surface area contributed by atoms with Crippen molar-refractivity contribution >= 4 is 11.7 Å². The molecular formula is C22H23FN4O. The number of nitrogens with zero attached hydrogens (tertiary/aromatic N) is 2. The highest BCUT2D eigenvalue weighted by Gasteiger charge is 2.08. The number of nitrogens with one attached hydrogen (secondary N) is 2. The van der Waals surface area contributed by atoms with Crippen LogP contribution in [0.1, 0.15) is 28.0 Å². The summed E-state index contributed by atoms with van der Waals surface area (Å²) in [5.41, 5.74) is 2.58. The van der Waals surface area contributed by atoms with E-state index >= 15 is 0 Å². The van der Waals surface area contributed by atoms with Crippen molar-refractivity contribution in [1.29, 1.82) is 0 Å². The summed E-state index contributed by atoms with van der Waals surface area (Å²) in [6.45, 7) is 1.21. The van der Waals surface area contributed by atoms with E-state index in [9.17, 15) is 9.18 Å². The van der Waals surface area contributed by atoms with Crippen molar-refractivity contribution in [2.45, 2.75) is 19.3 Å². The van der Waals surface area contributed by atoms with E-state index in [1.165, 1.54) is 24.0 Å². The van der Waals surface area contributed by atoms with Gasteiger partial charge in [0, 0.05) is 19.2 Å². The van der Waals surface area contributed by atoms with E-state index in [-0.39, 0.29) is 11.7 Å². The molecule has 0 bridgehead atoms. The van der Waals surface area contributed by atoms with Crippen LogP contribution in [0.15, 0.2) is 67.0 Å². The minimum Gasteiger partial charge on any atom is -0.370 e. The van der Waals surface area contributed by atoms with Gasteiger partial charge >= 0.3 is 0 Å². The van der Waals surface area contributed by atoms with Gasteiger partial charge in [-0.2, -0.15) is 0 Å². The Morgan fingerprint density at radius 2 is 1.64 bits per heavy atom. The molecular weight excluding hydrogens is 355 g/mol. The molecule has 0 radical (unpaired) electrons. The van der Waals surface area contributed by atoms with Crippen molar-refractivity contribution in [1.82, 2.24) is 15.3 Å². The summed E-state index contributed by atoms with van der Waals surface area (Å²) in [6.07, 6.45) is 3.96. The molecule has 2 N–H and O–H groups in total. The Hall–Kier alpha value is -3.28. The van der Waals surface area contributed by atoms with Gasteiger partial charge in [-0.1, -0.05) is 42.5 Å². The van der Waals surface area contributed by atoms with Crippen molar-refractivity contribution in [2.24, 2.45) is 0 Å². The van der Waals surface area contributed by atoms with E-state index in [1.807, 2.05) is 18.2 Å². The Balaban J connectivity index is 1.42. The van der Waals surface area contributed by atoms with Gasteiger partial charge in [0.1, 0.15) is 23.7 Å². The second-order valence-electron chi connectivity index (χ2n) is 6.44. The summed E-state index contributed by atoms with van der Waals surface area (Å²) in [5, 5.41) is 6.06. The van der Waals surface area contributed by atoms with Crippen LogP contribution in [0, 0.1) is 5.82 Å². The molecule has 28 heavy (non-hydrogen) atoms. The maximum Gasteiger partial charge on any atom is 0.270 e. The maximum atomic E-state index is 12.9. The van der Waals surface area contributed by atoms with Crippen molar-refractivity contribution in [2.75, 3.05) is 18.4 Å². The zero-order chi connectivity index (χ0) is 19.6. The first-order valence-corrected chi connectivity index (χ1v) is 9.33. The maximum absolute atomic E-state index is 12.9. The Labute approximate surface area is 164 Å². The fraction of sp³-hybridized carbons (Fsp3) is 0.227. The molecule has 1 heterocycles. The molecule has 0 spiro atoms. The highest BCUT2D eigenvalue weighted by Crippen LogP contribution is 2.07. The van der Waals surface area contributed by atoms with E-state index in [1.54, 1.807) is 18.2 Å². The van der Waals surface area contributed by atoms with Crippen LogP contribution in [0.3, 0.4) is 0 Å². The predicted molar refractivity (Wildman–Crippen MR) is 108 cm³/mol. The smallest absolute Gasteiger partial charge is 0.270 e. The number of carbonyl (C=O) groups is 1. The first-order valence-electron chi connectivity index (χ1n) is 9.33. The van der Waals surface area contributed by atoms with E-state index in [4.69, 9.17) is 0 Å². The molecule has 3 rings (SSSR count). The lowest BCUT2D eigenvalue weighted by Gasteiger charge is -2.08. The van der Waals surface area contributed by atoms with Crippen molar-refractivity contribution < 1.29 is 9.18 Å². The Bertz CT molecular complexity index is 885. The summed E-state index contributed by atoms with van der Waals surface area (Å²) < 4.78 is 12.9. The predicted octanol–water partition coefficient (Wildman–Crippen LogP) is 3.63. The number of rotatable bonds is 9. The van der Waals surface area contributed by atoms with Crippen LogP contribution in [-0.2, 0) is 12.8 Å². The Morgan fingerprint density at radius 1 is 0.893 bits per heavy atom. The molecule has 144 valence electrons. The normalized spacial score (nSPS) is 10.5. The number of halogens is 1. The number of hydrogen-bond donors (Lipinski definition) is 2. The lowest BCUT2D eigenvalue weighted by atomic mass is 10.1. The fourth-order valence-corrected chi connectivity index (χ4v) is 2.79. The summed E-state index contributed by atoms with van der Waals surface area (Å²) >= 11 is 0. The second-order valence-corrected chi connectivity index (χ2v) is 6.44. The van der Waals surface area contributed by atoms with E-state index in [0.29, 0.717) is 24.5 Å². The molecule has 0 saturated heterocycles. The third-order valence-corrected chi connectivity index (χ3v) is 4.30. The minimum atomic E-state index is -0.266. The Kier molecular flexibility index (Phi) is 7.07. The number of carbonyl (C=O) groups excluding carboxylic acids is 1.